The number of rotatable bonds is 6. The highest BCUT2D eigenvalue weighted by Crippen LogP contribution is 2.36. The van der Waals surface area contributed by atoms with Crippen LogP contribution in [-0.4, -0.2) is 34.2 Å². The quantitative estimate of drug-likeness (QED) is 0.435. The molecule has 1 aromatic heterocycles. The lowest BCUT2D eigenvalue weighted by Crippen LogP contribution is -2.26. The summed E-state index contributed by atoms with van der Waals surface area (Å²) in [6.45, 7) is 0.305. The molecule has 3 aromatic carbocycles. The van der Waals surface area contributed by atoms with Crippen LogP contribution in [-0.2, 0) is 6.54 Å². The van der Waals surface area contributed by atoms with Crippen molar-refractivity contribution in [2.45, 2.75) is 25.5 Å². The summed E-state index contributed by atoms with van der Waals surface area (Å²) in [4.78, 5) is 14.9. The number of aromatic amines is 1. The molecule has 0 saturated heterocycles. The van der Waals surface area contributed by atoms with Crippen molar-refractivity contribution in [3.8, 4) is 29.0 Å². The van der Waals surface area contributed by atoms with Crippen LogP contribution in [0.2, 0.25) is 0 Å². The fourth-order valence-electron chi connectivity index (χ4n) is 4.04. The second kappa shape index (κ2) is 8.92. The molecule has 0 radical (unpaired) electrons. The van der Waals surface area contributed by atoms with Crippen molar-refractivity contribution < 1.29 is 13.9 Å². The van der Waals surface area contributed by atoms with E-state index in [0.29, 0.717) is 39.9 Å². The zero-order valence-corrected chi connectivity index (χ0v) is 18.9. The first-order chi connectivity index (χ1) is 17.0. The van der Waals surface area contributed by atoms with Crippen LogP contribution in [0.4, 0.5) is 4.39 Å². The number of benzene rings is 3. The van der Waals surface area contributed by atoms with Crippen LogP contribution in [0.15, 0.2) is 54.7 Å². The average molecular weight is 465 g/mol. The van der Waals surface area contributed by atoms with E-state index >= 15 is 0 Å². The summed E-state index contributed by atoms with van der Waals surface area (Å²) in [5, 5.41) is 26.2. The molecule has 1 aliphatic rings. The number of carbonyl (C=O) groups is 1. The monoisotopic (exact) mass is 465 g/mol. The highest BCUT2D eigenvalue weighted by atomic mass is 19.1. The third-order valence-corrected chi connectivity index (χ3v) is 5.96. The first-order valence-electron chi connectivity index (χ1n) is 11.1. The molecule has 7 nitrogen and oxygen atoms in total. The van der Waals surface area contributed by atoms with Crippen LogP contribution in [0, 0.1) is 28.5 Å². The predicted octanol–water partition coefficient (Wildman–Crippen LogP) is 4.93. The SMILES string of the molecule is CN(Cc1ccc(C#N)c2cn[nH]c12)C(=O)c1ccc(-c2cc(F)cc(C#N)c2)c(OC2CC2)c1. The molecule has 1 amide bonds. The number of amides is 1. The standard InChI is InChI=1S/C27H20FN5O2/c1-33(15-19-3-2-18(13-30)24-14-31-32-26(19)24)27(34)17-4-7-23(25(11-17)35-22-5-6-22)20-8-16(12-29)9-21(28)10-20/h2-4,7-11,14,22H,5-6,15H2,1H3,(H,31,32). The van der Waals surface area contributed by atoms with E-state index in [4.69, 9.17) is 4.74 Å². The Kier molecular flexibility index (Phi) is 5.64. The van der Waals surface area contributed by atoms with Crippen molar-refractivity contribution in [3.63, 3.8) is 0 Å². The third kappa shape index (κ3) is 4.42. The van der Waals surface area contributed by atoms with Gasteiger partial charge in [-0.2, -0.15) is 15.6 Å². The van der Waals surface area contributed by atoms with Gasteiger partial charge in [-0.15, -0.1) is 0 Å². The summed E-state index contributed by atoms with van der Waals surface area (Å²) in [5.41, 5.74) is 3.85. The zero-order valence-electron chi connectivity index (χ0n) is 18.9. The van der Waals surface area contributed by atoms with Gasteiger partial charge < -0.3 is 9.64 Å². The Morgan fingerprint density at radius 3 is 2.74 bits per heavy atom. The van der Waals surface area contributed by atoms with Gasteiger partial charge in [0.2, 0.25) is 0 Å². The topological polar surface area (TPSA) is 106 Å². The van der Waals surface area contributed by atoms with Crippen LogP contribution < -0.4 is 4.74 Å². The lowest BCUT2D eigenvalue weighted by Gasteiger charge is -2.19. The van der Waals surface area contributed by atoms with Crippen LogP contribution >= 0.6 is 0 Å². The minimum Gasteiger partial charge on any atom is -0.490 e. The van der Waals surface area contributed by atoms with Crippen LogP contribution in [0.25, 0.3) is 22.0 Å². The van der Waals surface area contributed by atoms with E-state index in [9.17, 15) is 19.7 Å². The number of nitriles is 2. The molecule has 4 aromatic rings. The van der Waals surface area contributed by atoms with Gasteiger partial charge in [0.25, 0.3) is 5.91 Å². The Bertz CT molecular complexity index is 1540. The van der Waals surface area contributed by atoms with Gasteiger partial charge >= 0.3 is 0 Å². The molecule has 0 bridgehead atoms. The summed E-state index contributed by atoms with van der Waals surface area (Å²) in [7, 11) is 1.70. The second-order valence-electron chi connectivity index (χ2n) is 8.57. The molecule has 172 valence electrons. The van der Waals surface area contributed by atoms with Gasteiger partial charge in [-0.05, 0) is 66.4 Å². The van der Waals surface area contributed by atoms with Gasteiger partial charge in [-0.25, -0.2) is 4.39 Å². The highest BCUT2D eigenvalue weighted by Gasteiger charge is 2.26. The van der Waals surface area contributed by atoms with Crippen molar-refractivity contribution >= 4 is 16.8 Å². The van der Waals surface area contributed by atoms with Gasteiger partial charge in [-0.3, -0.25) is 9.89 Å². The summed E-state index contributed by atoms with van der Waals surface area (Å²) < 4.78 is 20.2. The van der Waals surface area contributed by atoms with Crippen molar-refractivity contribution in [1.29, 1.82) is 10.5 Å². The predicted molar refractivity (Wildman–Crippen MR) is 127 cm³/mol. The lowest BCUT2D eigenvalue weighted by atomic mass is 10.00. The Balaban J connectivity index is 1.45. The summed E-state index contributed by atoms with van der Waals surface area (Å²) in [6.07, 6.45) is 3.50. The number of nitrogens with zero attached hydrogens (tertiary/aromatic N) is 4. The number of hydrogen-bond donors (Lipinski definition) is 1. The van der Waals surface area contributed by atoms with Gasteiger partial charge in [0, 0.05) is 30.1 Å². The van der Waals surface area contributed by atoms with Gasteiger partial charge in [-0.1, -0.05) is 6.07 Å². The van der Waals surface area contributed by atoms with Crippen molar-refractivity contribution in [3.05, 3.63) is 82.8 Å². The number of H-pyrrole nitrogens is 1. The van der Waals surface area contributed by atoms with Gasteiger partial charge in [0.05, 0.1) is 41.1 Å². The van der Waals surface area contributed by atoms with Gasteiger partial charge in [0.1, 0.15) is 11.6 Å². The van der Waals surface area contributed by atoms with E-state index in [0.717, 1.165) is 23.9 Å². The molecule has 1 heterocycles. The average Bonchev–Trinajstić information content (AvgIpc) is 3.54. The van der Waals surface area contributed by atoms with E-state index in [1.165, 1.54) is 12.1 Å². The molecular weight excluding hydrogens is 445 g/mol. The fraction of sp³-hybridized carbons (Fsp3) is 0.185. The minimum atomic E-state index is -0.510. The molecule has 0 aliphatic heterocycles. The van der Waals surface area contributed by atoms with Crippen molar-refractivity contribution in [1.82, 2.24) is 15.1 Å². The first kappa shape index (κ1) is 22.1. The van der Waals surface area contributed by atoms with E-state index in [1.807, 2.05) is 12.1 Å². The maximum Gasteiger partial charge on any atom is 0.254 e. The van der Waals surface area contributed by atoms with Crippen LogP contribution in [0.5, 0.6) is 5.75 Å². The number of hydrogen-bond acceptors (Lipinski definition) is 5. The Labute approximate surface area is 201 Å². The zero-order chi connectivity index (χ0) is 24.5. The van der Waals surface area contributed by atoms with Crippen LogP contribution in [0.3, 0.4) is 0 Å². The molecule has 1 N–H and O–H groups in total. The molecule has 8 heteroatoms. The number of ether oxygens (including phenoxy) is 1. The minimum absolute atomic E-state index is 0.0631. The van der Waals surface area contributed by atoms with Gasteiger partial charge in [0.15, 0.2) is 0 Å². The smallest absolute Gasteiger partial charge is 0.254 e. The molecule has 0 unspecified atom stereocenters. The summed E-state index contributed by atoms with van der Waals surface area (Å²) >= 11 is 0. The van der Waals surface area contributed by atoms with Crippen molar-refractivity contribution in [2.24, 2.45) is 0 Å². The molecule has 1 fully saturated rings. The number of nitrogens with one attached hydrogen (secondary N) is 1. The highest BCUT2D eigenvalue weighted by molar-refractivity contribution is 5.96. The Morgan fingerprint density at radius 1 is 1.17 bits per heavy atom. The molecule has 35 heavy (non-hydrogen) atoms. The molecule has 0 atom stereocenters. The molecule has 5 rings (SSSR count). The Morgan fingerprint density at radius 2 is 2.00 bits per heavy atom. The number of aromatic nitrogens is 2. The molecule has 0 spiro atoms. The normalized spacial score (nSPS) is 12.7. The van der Waals surface area contributed by atoms with Crippen molar-refractivity contribution in [2.75, 3.05) is 7.05 Å². The molecule has 1 aliphatic carbocycles. The summed E-state index contributed by atoms with van der Waals surface area (Å²) in [5.74, 6) is -0.245. The Hall–Kier alpha value is -4.69. The maximum absolute atomic E-state index is 14.1. The molecular formula is C27H20FN5O2. The first-order valence-corrected chi connectivity index (χ1v) is 11.1. The second-order valence-corrected chi connectivity index (χ2v) is 8.57. The maximum atomic E-state index is 14.1. The van der Waals surface area contributed by atoms with E-state index in [2.05, 4.69) is 16.3 Å². The van der Waals surface area contributed by atoms with E-state index < -0.39 is 5.82 Å². The van der Waals surface area contributed by atoms with Crippen LogP contribution in [0.1, 0.15) is 39.9 Å². The number of halogens is 1. The number of fused-ring (bicyclic) bond motifs is 1. The fourth-order valence-corrected chi connectivity index (χ4v) is 4.04. The lowest BCUT2D eigenvalue weighted by molar-refractivity contribution is 0.0785. The third-order valence-electron chi connectivity index (χ3n) is 5.96. The van der Waals surface area contributed by atoms with E-state index in [-0.39, 0.29) is 17.6 Å². The van der Waals surface area contributed by atoms with E-state index in [1.54, 1.807) is 48.5 Å². The largest absolute Gasteiger partial charge is 0.490 e. The molecule has 1 saturated carbocycles. The number of carbonyl (C=O) groups excluding carboxylic acids is 1. The summed E-state index contributed by atoms with van der Waals surface area (Å²) in [6, 6.07) is 16.9.